The predicted octanol–water partition coefficient (Wildman–Crippen LogP) is 3.72. The number of hydrogen-bond donors (Lipinski definition) is 1. The molecule has 1 N–H and O–H groups in total. The molecule has 2 aromatic heterocycles. The summed E-state index contributed by atoms with van der Waals surface area (Å²) in [6, 6.07) is 5.49. The fourth-order valence-electron chi connectivity index (χ4n) is 3.16. The molecular formula is C19H20N4O2S2. The minimum absolute atomic E-state index is 0.0319. The van der Waals surface area contributed by atoms with Crippen molar-refractivity contribution in [3.63, 3.8) is 0 Å². The Hall–Kier alpha value is -2.32. The van der Waals surface area contributed by atoms with Crippen molar-refractivity contribution in [3.8, 4) is 0 Å². The molecule has 3 aromatic rings. The van der Waals surface area contributed by atoms with Gasteiger partial charge in [-0.05, 0) is 39.0 Å². The van der Waals surface area contributed by atoms with E-state index in [0.29, 0.717) is 17.8 Å². The van der Waals surface area contributed by atoms with Crippen LogP contribution in [-0.2, 0) is 11.3 Å². The topological polar surface area (TPSA) is 66.7 Å². The van der Waals surface area contributed by atoms with Gasteiger partial charge in [-0.1, -0.05) is 0 Å². The summed E-state index contributed by atoms with van der Waals surface area (Å²) in [5, 5.41) is 2.76. The monoisotopic (exact) mass is 400 g/mol. The molecule has 0 bridgehead atoms. The van der Waals surface area contributed by atoms with E-state index in [2.05, 4.69) is 20.9 Å². The van der Waals surface area contributed by atoms with Gasteiger partial charge in [0.05, 0.1) is 28.9 Å². The Labute approximate surface area is 165 Å². The van der Waals surface area contributed by atoms with Gasteiger partial charge in [0.25, 0.3) is 5.91 Å². The van der Waals surface area contributed by atoms with E-state index in [9.17, 15) is 9.59 Å². The lowest BCUT2D eigenvalue weighted by Gasteiger charge is -2.23. The second kappa shape index (κ2) is 6.69. The highest BCUT2D eigenvalue weighted by Gasteiger charge is 2.24. The number of hydrogen-bond acceptors (Lipinski definition) is 5. The summed E-state index contributed by atoms with van der Waals surface area (Å²) >= 11 is 3.15. The average molecular weight is 401 g/mol. The highest BCUT2D eigenvalue weighted by molar-refractivity contribution is 8.00. The zero-order valence-corrected chi connectivity index (χ0v) is 17.2. The molecule has 0 spiro atoms. The molecule has 0 saturated carbocycles. The van der Waals surface area contributed by atoms with Crippen LogP contribution >= 0.6 is 23.1 Å². The van der Waals surface area contributed by atoms with Crippen LogP contribution in [0, 0.1) is 13.8 Å². The first-order valence-corrected chi connectivity index (χ1v) is 10.3. The normalized spacial score (nSPS) is 16.3. The van der Waals surface area contributed by atoms with Gasteiger partial charge in [0.1, 0.15) is 0 Å². The number of rotatable bonds is 3. The summed E-state index contributed by atoms with van der Waals surface area (Å²) in [5.41, 5.74) is 3.22. The van der Waals surface area contributed by atoms with Gasteiger partial charge in [-0.15, -0.1) is 23.1 Å². The first-order chi connectivity index (χ1) is 12.8. The van der Waals surface area contributed by atoms with Gasteiger partial charge in [0, 0.05) is 28.6 Å². The summed E-state index contributed by atoms with van der Waals surface area (Å²) in [6.45, 7) is 6.36. The summed E-state index contributed by atoms with van der Waals surface area (Å²) < 4.78 is 2.06. The van der Waals surface area contributed by atoms with Crippen LogP contribution in [0.15, 0.2) is 29.3 Å². The molecule has 3 heterocycles. The Bertz CT molecular complexity index is 1070. The van der Waals surface area contributed by atoms with Gasteiger partial charge in [-0.25, -0.2) is 4.98 Å². The largest absolute Gasteiger partial charge is 0.336 e. The van der Waals surface area contributed by atoms with E-state index in [1.165, 1.54) is 16.6 Å². The average Bonchev–Trinajstić information content (AvgIpc) is 3.11. The highest BCUT2D eigenvalue weighted by atomic mass is 32.2. The highest BCUT2D eigenvalue weighted by Crippen LogP contribution is 2.36. The van der Waals surface area contributed by atoms with Crippen molar-refractivity contribution in [1.82, 2.24) is 14.3 Å². The second-order valence-electron chi connectivity index (χ2n) is 6.76. The smallest absolute Gasteiger partial charge is 0.254 e. The molecule has 1 aliphatic heterocycles. The van der Waals surface area contributed by atoms with Crippen LogP contribution < -0.4 is 5.32 Å². The maximum absolute atomic E-state index is 12.9. The van der Waals surface area contributed by atoms with Crippen molar-refractivity contribution in [3.05, 3.63) is 46.2 Å². The van der Waals surface area contributed by atoms with E-state index in [4.69, 9.17) is 0 Å². The Morgan fingerprint density at radius 1 is 1.37 bits per heavy atom. The van der Waals surface area contributed by atoms with Crippen molar-refractivity contribution in [2.75, 3.05) is 12.4 Å². The first kappa shape index (κ1) is 18.1. The van der Waals surface area contributed by atoms with Crippen LogP contribution in [0.4, 0.5) is 5.69 Å². The van der Waals surface area contributed by atoms with Crippen LogP contribution in [0.5, 0.6) is 0 Å². The lowest BCUT2D eigenvalue weighted by molar-refractivity contribution is -0.115. The first-order valence-electron chi connectivity index (χ1n) is 8.64. The van der Waals surface area contributed by atoms with Crippen molar-refractivity contribution < 1.29 is 9.59 Å². The van der Waals surface area contributed by atoms with Gasteiger partial charge >= 0.3 is 0 Å². The van der Waals surface area contributed by atoms with E-state index < -0.39 is 0 Å². The van der Waals surface area contributed by atoms with Crippen molar-refractivity contribution >= 4 is 45.6 Å². The molecule has 1 aromatic carbocycles. The van der Waals surface area contributed by atoms with Crippen molar-refractivity contribution in [2.45, 2.75) is 37.5 Å². The van der Waals surface area contributed by atoms with Crippen LogP contribution in [-0.4, -0.2) is 38.4 Å². The number of carbonyl (C=O) groups is 2. The van der Waals surface area contributed by atoms with Gasteiger partial charge in [-0.2, -0.15) is 0 Å². The van der Waals surface area contributed by atoms with E-state index >= 15 is 0 Å². The lowest BCUT2D eigenvalue weighted by atomic mass is 10.1. The Morgan fingerprint density at radius 2 is 2.15 bits per heavy atom. The van der Waals surface area contributed by atoms with E-state index in [1.54, 1.807) is 29.4 Å². The standard InChI is InChI=1S/C19H20N4O2S2/c1-10-8-23-15(11(2)20-19(23)26-10)9-22(4)18(25)13-5-6-16-14(7-13)21-17(24)12(3)27-16/h5-8,12H,9H2,1-4H3,(H,21,24). The number of carbonyl (C=O) groups excluding carboxylic acids is 2. The van der Waals surface area contributed by atoms with Gasteiger partial charge in [0.2, 0.25) is 5.91 Å². The number of anilines is 1. The molecular weight excluding hydrogens is 380 g/mol. The number of thioether (sulfide) groups is 1. The molecule has 1 atom stereocenters. The molecule has 8 heteroatoms. The van der Waals surface area contributed by atoms with Crippen LogP contribution in [0.1, 0.15) is 33.5 Å². The SMILES string of the molecule is Cc1cn2c(CN(C)C(=O)c3ccc4c(c3)NC(=O)C(C)S4)c(C)nc2s1. The summed E-state index contributed by atoms with van der Waals surface area (Å²) in [6.07, 6.45) is 2.06. The molecule has 0 aliphatic carbocycles. The molecule has 1 unspecified atom stereocenters. The number of aromatic nitrogens is 2. The third kappa shape index (κ3) is 3.23. The predicted molar refractivity (Wildman–Crippen MR) is 109 cm³/mol. The van der Waals surface area contributed by atoms with Gasteiger partial charge in [-0.3, -0.25) is 14.0 Å². The molecule has 1 aliphatic rings. The summed E-state index contributed by atoms with van der Waals surface area (Å²) in [5.74, 6) is -0.118. The summed E-state index contributed by atoms with van der Waals surface area (Å²) in [4.78, 5) is 34.2. The Kier molecular flexibility index (Phi) is 4.47. The fourth-order valence-corrected chi connectivity index (χ4v) is 4.98. The van der Waals surface area contributed by atoms with Crippen molar-refractivity contribution in [1.29, 1.82) is 0 Å². The van der Waals surface area contributed by atoms with Crippen molar-refractivity contribution in [2.24, 2.45) is 0 Å². The fraction of sp³-hybridized carbons (Fsp3) is 0.316. The van der Waals surface area contributed by atoms with E-state index in [-0.39, 0.29) is 17.1 Å². The summed E-state index contributed by atoms with van der Waals surface area (Å²) in [7, 11) is 1.79. The second-order valence-corrected chi connectivity index (χ2v) is 9.36. The van der Waals surface area contributed by atoms with E-state index in [0.717, 1.165) is 21.2 Å². The molecule has 27 heavy (non-hydrogen) atoms. The van der Waals surface area contributed by atoms with E-state index in [1.807, 2.05) is 32.9 Å². The number of imidazole rings is 1. The molecule has 0 fully saturated rings. The third-order valence-electron chi connectivity index (χ3n) is 4.63. The van der Waals surface area contributed by atoms with Crippen LogP contribution in [0.25, 0.3) is 4.96 Å². The molecule has 140 valence electrons. The number of aryl methyl sites for hydroxylation is 2. The van der Waals surface area contributed by atoms with Gasteiger partial charge in [0.15, 0.2) is 4.96 Å². The van der Waals surface area contributed by atoms with Crippen LogP contribution in [0.3, 0.4) is 0 Å². The molecule has 4 rings (SSSR count). The Morgan fingerprint density at radius 3 is 2.93 bits per heavy atom. The molecule has 0 saturated heterocycles. The zero-order valence-electron chi connectivity index (χ0n) is 15.6. The number of fused-ring (bicyclic) bond motifs is 2. The quantitative estimate of drug-likeness (QED) is 0.728. The minimum Gasteiger partial charge on any atom is -0.336 e. The maximum Gasteiger partial charge on any atom is 0.254 e. The van der Waals surface area contributed by atoms with Gasteiger partial charge < -0.3 is 10.2 Å². The minimum atomic E-state index is -0.122. The maximum atomic E-state index is 12.9. The number of nitrogens with one attached hydrogen (secondary N) is 1. The zero-order chi connectivity index (χ0) is 19.3. The molecule has 2 amide bonds. The van der Waals surface area contributed by atoms with Crippen LogP contribution in [0.2, 0.25) is 0 Å². The lowest BCUT2D eigenvalue weighted by Crippen LogP contribution is -2.29. The number of thiazole rings is 1. The number of amides is 2. The third-order valence-corrected chi connectivity index (χ3v) is 6.71. The molecule has 6 nitrogen and oxygen atoms in total. The Balaban J connectivity index is 1.58. The number of benzene rings is 1. The molecule has 0 radical (unpaired) electrons. The number of nitrogens with zero attached hydrogens (tertiary/aromatic N) is 3.